The molecule has 2 N–H and O–H groups in total. The summed E-state index contributed by atoms with van der Waals surface area (Å²) in [5, 5.41) is 3.10. The second-order valence-corrected chi connectivity index (χ2v) is 5.38. The lowest BCUT2D eigenvalue weighted by molar-refractivity contribution is 1.03. The molecule has 3 aromatic rings. The molecule has 0 unspecified atom stereocenters. The Morgan fingerprint density at radius 1 is 0.952 bits per heavy atom. The Morgan fingerprint density at radius 2 is 1.71 bits per heavy atom. The minimum Gasteiger partial charge on any atom is -0.397 e. The Balaban J connectivity index is 2.18. The number of hydrogen-bond acceptors (Lipinski definition) is 2. The number of nitrogens with two attached hydrogens (primary N) is 1. The Hall–Kier alpha value is -2.19. The van der Waals surface area contributed by atoms with Gasteiger partial charge in [-0.1, -0.05) is 48.0 Å². The van der Waals surface area contributed by atoms with E-state index in [-0.39, 0.29) is 0 Å². The summed E-state index contributed by atoms with van der Waals surface area (Å²) < 4.78 is 0. The number of hydrogen-bond donors (Lipinski definition) is 1. The molecule has 0 aliphatic carbocycles. The van der Waals surface area contributed by atoms with Crippen molar-refractivity contribution >= 4 is 39.4 Å². The molecular formula is C18H17ClN2. The van der Waals surface area contributed by atoms with Gasteiger partial charge < -0.3 is 10.6 Å². The Bertz CT molecular complexity index is 778. The maximum Gasteiger partial charge on any atom is 0.0645 e. The molecule has 2 nitrogen and oxygen atoms in total. The van der Waals surface area contributed by atoms with E-state index in [2.05, 4.69) is 54.3 Å². The van der Waals surface area contributed by atoms with E-state index >= 15 is 0 Å². The van der Waals surface area contributed by atoms with Gasteiger partial charge in [0.15, 0.2) is 0 Å². The predicted octanol–water partition coefficient (Wildman–Crippen LogP) is 5.23. The van der Waals surface area contributed by atoms with Crippen molar-refractivity contribution in [2.45, 2.75) is 6.92 Å². The highest BCUT2D eigenvalue weighted by Gasteiger charge is 2.13. The van der Waals surface area contributed by atoms with Gasteiger partial charge in [0.25, 0.3) is 0 Å². The van der Waals surface area contributed by atoms with Gasteiger partial charge in [-0.05, 0) is 36.6 Å². The molecule has 0 atom stereocenters. The van der Waals surface area contributed by atoms with Gasteiger partial charge in [-0.3, -0.25) is 0 Å². The maximum absolute atomic E-state index is 6.15. The number of benzene rings is 3. The second kappa shape index (κ2) is 5.66. The molecule has 21 heavy (non-hydrogen) atoms. The van der Waals surface area contributed by atoms with Crippen LogP contribution in [0, 0.1) is 0 Å². The van der Waals surface area contributed by atoms with Crippen LogP contribution in [0.1, 0.15) is 6.92 Å². The van der Waals surface area contributed by atoms with Gasteiger partial charge in [0.1, 0.15) is 0 Å². The molecule has 0 aromatic heterocycles. The highest BCUT2D eigenvalue weighted by Crippen LogP contribution is 2.35. The third-order valence-corrected chi connectivity index (χ3v) is 3.89. The third-order valence-electron chi connectivity index (χ3n) is 3.65. The van der Waals surface area contributed by atoms with Crippen LogP contribution in [0.3, 0.4) is 0 Å². The monoisotopic (exact) mass is 296 g/mol. The number of nitrogens with zero attached hydrogens (tertiary/aromatic N) is 1. The van der Waals surface area contributed by atoms with E-state index < -0.39 is 0 Å². The highest BCUT2D eigenvalue weighted by atomic mass is 35.5. The van der Waals surface area contributed by atoms with Crippen LogP contribution in [0.4, 0.5) is 17.1 Å². The van der Waals surface area contributed by atoms with E-state index in [1.807, 2.05) is 12.1 Å². The summed E-state index contributed by atoms with van der Waals surface area (Å²) in [4.78, 5) is 2.22. The summed E-state index contributed by atoms with van der Waals surface area (Å²) >= 11 is 6.01. The van der Waals surface area contributed by atoms with Crippen molar-refractivity contribution < 1.29 is 0 Å². The first-order chi connectivity index (χ1) is 10.2. The van der Waals surface area contributed by atoms with Crippen molar-refractivity contribution in [2.24, 2.45) is 0 Å². The fraction of sp³-hybridized carbons (Fsp3) is 0.111. The van der Waals surface area contributed by atoms with Crippen LogP contribution in [0.25, 0.3) is 10.8 Å². The fourth-order valence-electron chi connectivity index (χ4n) is 2.69. The molecule has 3 aromatic carbocycles. The molecule has 0 amide bonds. The number of fused-ring (bicyclic) bond motifs is 1. The zero-order valence-corrected chi connectivity index (χ0v) is 12.6. The van der Waals surface area contributed by atoms with E-state index in [1.165, 1.54) is 10.8 Å². The zero-order valence-electron chi connectivity index (χ0n) is 11.9. The van der Waals surface area contributed by atoms with Crippen LogP contribution >= 0.6 is 11.6 Å². The summed E-state index contributed by atoms with van der Waals surface area (Å²) in [6.07, 6.45) is 0. The van der Waals surface area contributed by atoms with Gasteiger partial charge in [0, 0.05) is 22.6 Å². The molecule has 0 saturated heterocycles. The topological polar surface area (TPSA) is 29.3 Å². The summed E-state index contributed by atoms with van der Waals surface area (Å²) in [6.45, 7) is 2.95. The average molecular weight is 297 g/mol. The molecule has 106 valence electrons. The number of rotatable bonds is 3. The number of halogens is 1. The van der Waals surface area contributed by atoms with Gasteiger partial charge >= 0.3 is 0 Å². The number of nitrogen functional groups attached to an aromatic ring is 1. The Kier molecular flexibility index (Phi) is 3.72. The molecule has 3 heteroatoms. The van der Waals surface area contributed by atoms with Gasteiger partial charge in [0.05, 0.1) is 11.4 Å². The van der Waals surface area contributed by atoms with E-state index in [4.69, 9.17) is 17.3 Å². The van der Waals surface area contributed by atoms with E-state index in [0.717, 1.165) is 17.9 Å². The second-order valence-electron chi connectivity index (χ2n) is 4.95. The summed E-state index contributed by atoms with van der Waals surface area (Å²) in [7, 11) is 0. The van der Waals surface area contributed by atoms with Crippen LogP contribution in [-0.2, 0) is 0 Å². The molecule has 3 rings (SSSR count). The van der Waals surface area contributed by atoms with Crippen molar-refractivity contribution in [3.05, 3.63) is 65.7 Å². The highest BCUT2D eigenvalue weighted by molar-refractivity contribution is 6.31. The third kappa shape index (κ3) is 2.55. The van der Waals surface area contributed by atoms with Crippen molar-refractivity contribution in [3.63, 3.8) is 0 Å². The molecular weight excluding hydrogens is 280 g/mol. The van der Waals surface area contributed by atoms with E-state index in [9.17, 15) is 0 Å². The van der Waals surface area contributed by atoms with Crippen molar-refractivity contribution in [2.75, 3.05) is 17.2 Å². The Morgan fingerprint density at radius 3 is 2.48 bits per heavy atom. The smallest absolute Gasteiger partial charge is 0.0645 e. The molecule has 0 spiro atoms. The summed E-state index contributed by atoms with van der Waals surface area (Å²) in [5.74, 6) is 0. The van der Waals surface area contributed by atoms with Crippen LogP contribution in [-0.4, -0.2) is 6.54 Å². The lowest BCUT2D eigenvalue weighted by atomic mass is 10.1. The predicted molar refractivity (Wildman–Crippen MR) is 92.5 cm³/mol. The SMILES string of the molecule is CCN(c1ccc(Cl)cc1N)c1cccc2ccccc12. The summed E-state index contributed by atoms with van der Waals surface area (Å²) in [6, 6.07) is 20.3. The molecule has 0 radical (unpaired) electrons. The standard InChI is InChI=1S/C18H17ClN2/c1-2-21(18-11-10-14(19)12-16(18)20)17-9-5-7-13-6-3-4-8-15(13)17/h3-12H,2,20H2,1H3. The van der Waals surface area contributed by atoms with Gasteiger partial charge in [0.2, 0.25) is 0 Å². The molecule has 0 bridgehead atoms. The first kappa shape index (κ1) is 13.8. The first-order valence-corrected chi connectivity index (χ1v) is 7.39. The van der Waals surface area contributed by atoms with E-state index in [0.29, 0.717) is 10.7 Å². The minimum absolute atomic E-state index is 0.658. The Labute approximate surface area is 129 Å². The maximum atomic E-state index is 6.15. The molecule has 0 saturated carbocycles. The molecule has 0 heterocycles. The van der Waals surface area contributed by atoms with Gasteiger partial charge in [-0.2, -0.15) is 0 Å². The fourth-order valence-corrected chi connectivity index (χ4v) is 2.87. The quantitative estimate of drug-likeness (QED) is 0.670. The van der Waals surface area contributed by atoms with Gasteiger partial charge in [-0.25, -0.2) is 0 Å². The van der Waals surface area contributed by atoms with Crippen molar-refractivity contribution in [3.8, 4) is 0 Å². The van der Waals surface area contributed by atoms with Crippen molar-refractivity contribution in [1.82, 2.24) is 0 Å². The first-order valence-electron chi connectivity index (χ1n) is 7.01. The van der Waals surface area contributed by atoms with Crippen molar-refractivity contribution in [1.29, 1.82) is 0 Å². The lowest BCUT2D eigenvalue weighted by Crippen LogP contribution is -2.17. The normalized spacial score (nSPS) is 10.8. The van der Waals surface area contributed by atoms with Crippen LogP contribution in [0.5, 0.6) is 0 Å². The number of anilines is 3. The average Bonchev–Trinajstić information content (AvgIpc) is 2.50. The van der Waals surface area contributed by atoms with E-state index in [1.54, 1.807) is 6.07 Å². The van der Waals surface area contributed by atoms with Crippen LogP contribution < -0.4 is 10.6 Å². The van der Waals surface area contributed by atoms with Crippen LogP contribution in [0.2, 0.25) is 5.02 Å². The lowest BCUT2D eigenvalue weighted by Gasteiger charge is -2.26. The summed E-state index contributed by atoms with van der Waals surface area (Å²) in [5.41, 5.74) is 8.99. The molecule has 0 aliphatic rings. The largest absolute Gasteiger partial charge is 0.397 e. The van der Waals surface area contributed by atoms with Gasteiger partial charge in [-0.15, -0.1) is 0 Å². The minimum atomic E-state index is 0.658. The van der Waals surface area contributed by atoms with Crippen LogP contribution in [0.15, 0.2) is 60.7 Å². The zero-order chi connectivity index (χ0) is 14.8. The molecule has 0 aliphatic heterocycles. The molecule has 0 fully saturated rings.